The van der Waals surface area contributed by atoms with Crippen LogP contribution in [0.5, 0.6) is 0 Å². The molecule has 0 spiro atoms. The van der Waals surface area contributed by atoms with Crippen LogP contribution in [-0.2, 0) is 16.6 Å². The number of fused-ring (bicyclic) bond motifs is 1. The Bertz CT molecular complexity index is 996. The van der Waals surface area contributed by atoms with E-state index in [1.54, 1.807) is 12.1 Å². The van der Waals surface area contributed by atoms with Gasteiger partial charge in [0.25, 0.3) is 5.91 Å². The van der Waals surface area contributed by atoms with E-state index in [-0.39, 0.29) is 10.8 Å². The van der Waals surface area contributed by atoms with Crippen molar-refractivity contribution in [3.05, 3.63) is 59.1 Å². The van der Waals surface area contributed by atoms with Gasteiger partial charge in [-0.05, 0) is 36.8 Å². The normalized spacial score (nSPS) is 11.6. The van der Waals surface area contributed by atoms with E-state index in [1.807, 2.05) is 31.2 Å². The summed E-state index contributed by atoms with van der Waals surface area (Å²) < 4.78 is 27.9. The zero-order chi connectivity index (χ0) is 18.6. The number of nitrogens with one attached hydrogen (secondary N) is 2. The van der Waals surface area contributed by atoms with Crippen LogP contribution in [0, 0.1) is 0 Å². The molecule has 1 amide bonds. The Morgan fingerprint density at radius 3 is 2.73 bits per heavy atom. The molecule has 1 heterocycles. The molecule has 6 nitrogen and oxygen atoms in total. The number of hydrogen-bond acceptors (Lipinski definition) is 5. The Morgan fingerprint density at radius 2 is 1.96 bits per heavy atom. The molecule has 0 aliphatic heterocycles. The van der Waals surface area contributed by atoms with E-state index in [9.17, 15) is 13.2 Å². The van der Waals surface area contributed by atoms with Crippen molar-refractivity contribution < 1.29 is 13.2 Å². The summed E-state index contributed by atoms with van der Waals surface area (Å²) in [7, 11) is -3.60. The van der Waals surface area contributed by atoms with Crippen molar-refractivity contribution in [2.24, 2.45) is 0 Å². The lowest BCUT2D eigenvalue weighted by molar-refractivity contribution is 0.0950. The topological polar surface area (TPSA) is 88.2 Å². The van der Waals surface area contributed by atoms with Crippen LogP contribution < -0.4 is 10.0 Å². The number of para-hydroxylation sites is 1. The predicted molar refractivity (Wildman–Crippen MR) is 103 cm³/mol. The Labute approximate surface area is 156 Å². The van der Waals surface area contributed by atoms with Gasteiger partial charge in [0.2, 0.25) is 10.0 Å². The molecular weight excluding hydrogens is 370 g/mol. The molecule has 136 valence electrons. The Morgan fingerprint density at radius 1 is 1.15 bits per heavy atom. The molecule has 0 bridgehead atoms. The monoisotopic (exact) mass is 389 g/mol. The third-order valence-electron chi connectivity index (χ3n) is 3.69. The molecule has 2 N–H and O–H groups in total. The summed E-state index contributed by atoms with van der Waals surface area (Å²) in [4.78, 5) is 16.9. The minimum absolute atomic E-state index is 0.0820. The van der Waals surface area contributed by atoms with Crippen molar-refractivity contribution in [3.8, 4) is 0 Å². The van der Waals surface area contributed by atoms with E-state index in [0.717, 1.165) is 15.2 Å². The molecule has 0 radical (unpaired) electrons. The van der Waals surface area contributed by atoms with Crippen LogP contribution in [0.1, 0.15) is 28.7 Å². The number of rotatable bonds is 7. The SMILES string of the molecule is CCCNS(=O)(=O)c1cccc(C(=O)NCc2nc3ccccc3s2)c1. The first-order valence-electron chi connectivity index (χ1n) is 8.22. The minimum Gasteiger partial charge on any atom is -0.346 e. The first kappa shape index (κ1) is 18.5. The van der Waals surface area contributed by atoms with Crippen LogP contribution in [0.3, 0.4) is 0 Å². The van der Waals surface area contributed by atoms with E-state index < -0.39 is 10.0 Å². The number of thiazole rings is 1. The highest BCUT2D eigenvalue weighted by atomic mass is 32.2. The zero-order valence-corrected chi connectivity index (χ0v) is 15.9. The molecule has 3 rings (SSSR count). The Hall–Kier alpha value is -2.29. The van der Waals surface area contributed by atoms with Gasteiger partial charge in [-0.25, -0.2) is 18.1 Å². The molecule has 0 unspecified atom stereocenters. The van der Waals surface area contributed by atoms with Crippen LogP contribution in [0.15, 0.2) is 53.4 Å². The van der Waals surface area contributed by atoms with Gasteiger partial charge in [0, 0.05) is 12.1 Å². The van der Waals surface area contributed by atoms with E-state index in [1.165, 1.54) is 23.5 Å². The molecule has 0 saturated carbocycles. The van der Waals surface area contributed by atoms with Gasteiger partial charge in [-0.15, -0.1) is 11.3 Å². The number of amides is 1. The third kappa shape index (κ3) is 4.27. The summed E-state index contributed by atoms with van der Waals surface area (Å²) in [6, 6.07) is 13.8. The molecule has 0 fully saturated rings. The lowest BCUT2D eigenvalue weighted by atomic mass is 10.2. The molecule has 26 heavy (non-hydrogen) atoms. The van der Waals surface area contributed by atoms with Crippen molar-refractivity contribution in [1.82, 2.24) is 15.0 Å². The van der Waals surface area contributed by atoms with Crippen molar-refractivity contribution >= 4 is 37.5 Å². The van der Waals surface area contributed by atoms with E-state index >= 15 is 0 Å². The number of carbonyl (C=O) groups excluding carboxylic acids is 1. The lowest BCUT2D eigenvalue weighted by Gasteiger charge is -2.08. The molecule has 2 aromatic carbocycles. The fourth-order valence-electron chi connectivity index (χ4n) is 2.38. The summed E-state index contributed by atoms with van der Waals surface area (Å²) in [5.41, 5.74) is 1.20. The Balaban J connectivity index is 1.70. The second-order valence-corrected chi connectivity index (χ2v) is 8.57. The maximum absolute atomic E-state index is 12.4. The van der Waals surface area contributed by atoms with Gasteiger partial charge in [0.05, 0.1) is 21.7 Å². The van der Waals surface area contributed by atoms with Gasteiger partial charge in [0.15, 0.2) is 0 Å². The third-order valence-corrected chi connectivity index (χ3v) is 6.18. The lowest BCUT2D eigenvalue weighted by Crippen LogP contribution is -2.26. The second kappa shape index (κ2) is 7.94. The largest absolute Gasteiger partial charge is 0.346 e. The average Bonchev–Trinajstić information content (AvgIpc) is 3.07. The smallest absolute Gasteiger partial charge is 0.251 e. The Kier molecular flexibility index (Phi) is 5.65. The number of sulfonamides is 1. The number of aromatic nitrogens is 1. The maximum Gasteiger partial charge on any atom is 0.251 e. The number of nitrogens with zero attached hydrogens (tertiary/aromatic N) is 1. The average molecular weight is 390 g/mol. The summed E-state index contributed by atoms with van der Waals surface area (Å²) >= 11 is 1.52. The van der Waals surface area contributed by atoms with Crippen LogP contribution in [0.4, 0.5) is 0 Å². The summed E-state index contributed by atoms with van der Waals surface area (Å²) in [5.74, 6) is -0.336. The number of hydrogen-bond donors (Lipinski definition) is 2. The first-order valence-corrected chi connectivity index (χ1v) is 10.5. The van der Waals surface area contributed by atoms with Crippen LogP contribution >= 0.6 is 11.3 Å². The molecule has 1 aromatic heterocycles. The highest BCUT2D eigenvalue weighted by Gasteiger charge is 2.15. The van der Waals surface area contributed by atoms with E-state index in [2.05, 4.69) is 15.0 Å². The predicted octanol–water partition coefficient (Wildman–Crippen LogP) is 2.91. The fraction of sp³-hybridized carbons (Fsp3) is 0.222. The van der Waals surface area contributed by atoms with Gasteiger partial charge in [-0.3, -0.25) is 4.79 Å². The van der Waals surface area contributed by atoms with Crippen LogP contribution in [0.25, 0.3) is 10.2 Å². The summed E-state index contributed by atoms with van der Waals surface area (Å²) in [6.07, 6.45) is 0.696. The molecule has 0 aliphatic carbocycles. The van der Waals surface area contributed by atoms with E-state index in [0.29, 0.717) is 25.1 Å². The molecule has 0 saturated heterocycles. The minimum atomic E-state index is -3.60. The molecule has 0 aliphatic rings. The zero-order valence-electron chi connectivity index (χ0n) is 14.2. The maximum atomic E-state index is 12.4. The second-order valence-electron chi connectivity index (χ2n) is 5.68. The van der Waals surface area contributed by atoms with Gasteiger partial charge in [-0.2, -0.15) is 0 Å². The van der Waals surface area contributed by atoms with Crippen molar-refractivity contribution in [3.63, 3.8) is 0 Å². The first-order chi connectivity index (χ1) is 12.5. The molecular formula is C18H19N3O3S2. The standard InChI is InChI=1S/C18H19N3O3S2/c1-2-10-20-26(23,24)14-7-5-6-13(11-14)18(22)19-12-17-21-15-8-3-4-9-16(15)25-17/h3-9,11,20H,2,10,12H2,1H3,(H,19,22). The van der Waals surface area contributed by atoms with Gasteiger partial charge >= 0.3 is 0 Å². The molecule has 0 atom stereocenters. The highest BCUT2D eigenvalue weighted by molar-refractivity contribution is 7.89. The van der Waals surface area contributed by atoms with Gasteiger partial charge in [0.1, 0.15) is 5.01 Å². The molecule has 3 aromatic rings. The van der Waals surface area contributed by atoms with Crippen molar-refractivity contribution in [2.75, 3.05) is 6.54 Å². The summed E-state index contributed by atoms with van der Waals surface area (Å²) in [6.45, 7) is 2.54. The summed E-state index contributed by atoms with van der Waals surface area (Å²) in [5, 5.41) is 3.59. The van der Waals surface area contributed by atoms with Crippen molar-refractivity contribution in [1.29, 1.82) is 0 Å². The highest BCUT2D eigenvalue weighted by Crippen LogP contribution is 2.21. The van der Waals surface area contributed by atoms with Gasteiger partial charge < -0.3 is 5.32 Å². The van der Waals surface area contributed by atoms with Crippen LogP contribution in [-0.4, -0.2) is 25.9 Å². The van der Waals surface area contributed by atoms with Crippen molar-refractivity contribution in [2.45, 2.75) is 24.8 Å². The number of carbonyl (C=O) groups is 1. The van der Waals surface area contributed by atoms with E-state index in [4.69, 9.17) is 0 Å². The quantitative estimate of drug-likeness (QED) is 0.650. The fourth-order valence-corrected chi connectivity index (χ4v) is 4.46. The van der Waals surface area contributed by atoms with Gasteiger partial charge in [-0.1, -0.05) is 25.1 Å². The molecule has 8 heteroatoms. The van der Waals surface area contributed by atoms with Crippen LogP contribution in [0.2, 0.25) is 0 Å². The number of benzene rings is 2.